The van der Waals surface area contributed by atoms with E-state index in [1.54, 1.807) is 0 Å². The lowest BCUT2D eigenvalue weighted by Crippen LogP contribution is -2.52. The van der Waals surface area contributed by atoms with E-state index < -0.39 is 0 Å². The highest BCUT2D eigenvalue weighted by molar-refractivity contribution is 5.53. The summed E-state index contributed by atoms with van der Waals surface area (Å²) >= 11 is 0. The number of morpholine rings is 1. The van der Waals surface area contributed by atoms with Gasteiger partial charge in [0.05, 0.1) is 19.3 Å². The first-order valence-electron chi connectivity index (χ1n) is 8.14. The minimum atomic E-state index is 0.388. The van der Waals surface area contributed by atoms with Crippen LogP contribution in [0.25, 0.3) is 11.4 Å². The lowest BCUT2D eigenvalue weighted by Gasteiger charge is -2.43. The maximum absolute atomic E-state index is 5.92. The van der Waals surface area contributed by atoms with Crippen molar-refractivity contribution in [3.8, 4) is 11.4 Å². The molecule has 0 N–H and O–H groups in total. The predicted molar refractivity (Wildman–Crippen MR) is 82.1 cm³/mol. The smallest absolute Gasteiger partial charge is 0.241 e. The number of ether oxygens (including phenoxy) is 1. The normalized spacial score (nSPS) is 25.8. The van der Waals surface area contributed by atoms with Crippen molar-refractivity contribution in [1.29, 1.82) is 0 Å². The second-order valence-electron chi connectivity index (χ2n) is 6.11. The Kier molecular flexibility index (Phi) is 3.91. The molecule has 1 aromatic carbocycles. The molecule has 2 fully saturated rings. The Labute approximate surface area is 130 Å². The monoisotopic (exact) mass is 299 g/mol. The molecule has 1 aliphatic carbocycles. The van der Waals surface area contributed by atoms with Gasteiger partial charge in [0.1, 0.15) is 0 Å². The van der Waals surface area contributed by atoms with Crippen LogP contribution >= 0.6 is 0 Å². The lowest BCUT2D eigenvalue weighted by atomic mass is 9.90. The highest BCUT2D eigenvalue weighted by atomic mass is 16.5. The molecule has 1 saturated carbocycles. The molecule has 2 aliphatic rings. The van der Waals surface area contributed by atoms with Crippen LogP contribution in [0.3, 0.4) is 0 Å². The number of hydrogen-bond acceptors (Lipinski definition) is 5. The minimum Gasteiger partial charge on any atom is -0.375 e. The molecular weight excluding hydrogens is 278 g/mol. The van der Waals surface area contributed by atoms with Gasteiger partial charge in [-0.2, -0.15) is 4.98 Å². The molecule has 2 atom stereocenters. The van der Waals surface area contributed by atoms with E-state index >= 15 is 0 Å². The molecule has 0 bridgehead atoms. The van der Waals surface area contributed by atoms with Crippen molar-refractivity contribution >= 4 is 0 Å². The van der Waals surface area contributed by atoms with Gasteiger partial charge in [0.2, 0.25) is 11.7 Å². The van der Waals surface area contributed by atoms with E-state index in [4.69, 9.17) is 9.26 Å². The van der Waals surface area contributed by atoms with Crippen molar-refractivity contribution < 1.29 is 9.26 Å². The van der Waals surface area contributed by atoms with Crippen LogP contribution in [0, 0.1) is 0 Å². The van der Waals surface area contributed by atoms with Gasteiger partial charge in [-0.1, -0.05) is 48.3 Å². The molecule has 5 nitrogen and oxygen atoms in total. The Hall–Kier alpha value is -1.72. The SMILES string of the molecule is c1ccc(-c2noc(CN3CCO[C@@H]4CCCC[C@H]43)n2)cc1. The van der Waals surface area contributed by atoms with Crippen molar-refractivity contribution in [1.82, 2.24) is 15.0 Å². The van der Waals surface area contributed by atoms with E-state index in [9.17, 15) is 0 Å². The molecule has 0 spiro atoms. The fourth-order valence-corrected chi connectivity index (χ4v) is 3.57. The van der Waals surface area contributed by atoms with Crippen molar-refractivity contribution in [2.24, 2.45) is 0 Å². The fourth-order valence-electron chi connectivity index (χ4n) is 3.57. The average molecular weight is 299 g/mol. The third-order valence-corrected chi connectivity index (χ3v) is 4.69. The zero-order valence-corrected chi connectivity index (χ0v) is 12.6. The quantitative estimate of drug-likeness (QED) is 0.872. The number of aromatic nitrogens is 2. The van der Waals surface area contributed by atoms with E-state index in [1.807, 2.05) is 30.3 Å². The molecule has 1 saturated heterocycles. The van der Waals surface area contributed by atoms with Gasteiger partial charge >= 0.3 is 0 Å². The van der Waals surface area contributed by atoms with E-state index in [2.05, 4.69) is 15.0 Å². The van der Waals surface area contributed by atoms with Gasteiger partial charge in [-0.05, 0) is 12.8 Å². The summed E-state index contributed by atoms with van der Waals surface area (Å²) in [6.45, 7) is 2.48. The molecule has 0 radical (unpaired) electrons. The molecule has 1 aliphatic heterocycles. The molecule has 2 aromatic rings. The summed E-state index contributed by atoms with van der Waals surface area (Å²) in [7, 11) is 0. The Balaban J connectivity index is 1.48. The zero-order chi connectivity index (χ0) is 14.8. The first-order chi connectivity index (χ1) is 10.9. The fraction of sp³-hybridized carbons (Fsp3) is 0.529. The third-order valence-electron chi connectivity index (χ3n) is 4.69. The molecule has 5 heteroatoms. The van der Waals surface area contributed by atoms with E-state index in [0.29, 0.717) is 23.9 Å². The van der Waals surface area contributed by atoms with E-state index in [-0.39, 0.29) is 0 Å². The zero-order valence-electron chi connectivity index (χ0n) is 12.6. The largest absolute Gasteiger partial charge is 0.375 e. The van der Waals surface area contributed by atoms with Gasteiger partial charge in [-0.15, -0.1) is 0 Å². The molecule has 116 valence electrons. The second kappa shape index (κ2) is 6.18. The molecule has 1 aromatic heterocycles. The first-order valence-corrected chi connectivity index (χ1v) is 8.14. The topological polar surface area (TPSA) is 51.4 Å². The van der Waals surface area contributed by atoms with Crippen LogP contribution < -0.4 is 0 Å². The van der Waals surface area contributed by atoms with E-state index in [1.165, 1.54) is 25.7 Å². The Morgan fingerprint density at radius 1 is 1.14 bits per heavy atom. The van der Waals surface area contributed by atoms with Crippen LogP contribution in [-0.2, 0) is 11.3 Å². The summed E-state index contributed by atoms with van der Waals surface area (Å²) in [6.07, 6.45) is 5.36. The van der Waals surface area contributed by atoms with Crippen molar-refractivity contribution in [3.05, 3.63) is 36.2 Å². The Morgan fingerprint density at radius 3 is 2.91 bits per heavy atom. The summed E-state index contributed by atoms with van der Waals surface area (Å²) in [5.74, 6) is 1.37. The Bertz CT molecular complexity index is 611. The molecule has 2 heterocycles. The number of hydrogen-bond donors (Lipinski definition) is 0. The maximum atomic E-state index is 5.92. The lowest BCUT2D eigenvalue weighted by molar-refractivity contribution is -0.0933. The summed E-state index contributed by atoms with van der Waals surface area (Å²) in [5.41, 5.74) is 0.995. The summed E-state index contributed by atoms with van der Waals surface area (Å²) < 4.78 is 11.4. The summed E-state index contributed by atoms with van der Waals surface area (Å²) in [4.78, 5) is 7.01. The van der Waals surface area contributed by atoms with Crippen LogP contribution in [-0.4, -0.2) is 40.3 Å². The van der Waals surface area contributed by atoms with Crippen LogP contribution in [0.2, 0.25) is 0 Å². The molecule has 4 rings (SSSR count). The summed E-state index contributed by atoms with van der Waals surface area (Å²) in [6, 6.07) is 10.5. The predicted octanol–water partition coefficient (Wildman–Crippen LogP) is 2.88. The van der Waals surface area contributed by atoms with Gasteiger partial charge < -0.3 is 9.26 Å². The number of fused-ring (bicyclic) bond motifs is 1. The van der Waals surface area contributed by atoms with Gasteiger partial charge in [0.25, 0.3) is 0 Å². The molecular formula is C17H21N3O2. The number of rotatable bonds is 3. The van der Waals surface area contributed by atoms with Crippen LogP contribution in [0.5, 0.6) is 0 Å². The van der Waals surface area contributed by atoms with Gasteiger partial charge in [0, 0.05) is 18.2 Å². The average Bonchev–Trinajstić information content (AvgIpc) is 3.05. The van der Waals surface area contributed by atoms with E-state index in [0.717, 1.165) is 25.3 Å². The molecule has 0 unspecified atom stereocenters. The molecule has 0 amide bonds. The number of benzene rings is 1. The third kappa shape index (κ3) is 2.78. The van der Waals surface area contributed by atoms with Gasteiger partial charge in [-0.3, -0.25) is 4.90 Å². The highest BCUT2D eigenvalue weighted by Crippen LogP contribution is 2.29. The highest BCUT2D eigenvalue weighted by Gasteiger charge is 2.34. The standard InChI is InChI=1S/C17H21N3O2/c1-2-6-13(7-3-1)17-18-16(22-19-17)12-20-10-11-21-15-9-5-4-8-14(15)20/h1-3,6-7,14-15H,4-5,8-12H2/t14-,15-/m1/s1. The second-order valence-corrected chi connectivity index (χ2v) is 6.11. The van der Waals surface area contributed by atoms with Crippen LogP contribution in [0.4, 0.5) is 0 Å². The first kappa shape index (κ1) is 13.9. The van der Waals surface area contributed by atoms with Crippen molar-refractivity contribution in [3.63, 3.8) is 0 Å². The van der Waals surface area contributed by atoms with Gasteiger partial charge in [-0.25, -0.2) is 0 Å². The summed E-state index contributed by atoms with van der Waals surface area (Å²) in [5, 5.41) is 4.11. The van der Waals surface area contributed by atoms with Gasteiger partial charge in [0.15, 0.2) is 0 Å². The molecule has 22 heavy (non-hydrogen) atoms. The number of nitrogens with zero attached hydrogens (tertiary/aromatic N) is 3. The Morgan fingerprint density at radius 2 is 2.00 bits per heavy atom. The maximum Gasteiger partial charge on any atom is 0.241 e. The van der Waals surface area contributed by atoms with Crippen LogP contribution in [0.15, 0.2) is 34.9 Å². The van der Waals surface area contributed by atoms with Crippen molar-refractivity contribution in [2.75, 3.05) is 13.2 Å². The minimum absolute atomic E-state index is 0.388. The van der Waals surface area contributed by atoms with Crippen molar-refractivity contribution in [2.45, 2.75) is 44.4 Å². The van der Waals surface area contributed by atoms with Crippen LogP contribution in [0.1, 0.15) is 31.6 Å².